The van der Waals surface area contributed by atoms with Gasteiger partial charge in [0.1, 0.15) is 0 Å². The second-order valence-electron chi connectivity index (χ2n) is 4.71. The van der Waals surface area contributed by atoms with Crippen LogP contribution in [0.5, 0.6) is 0 Å². The van der Waals surface area contributed by atoms with Crippen molar-refractivity contribution < 1.29 is 5.11 Å². The van der Waals surface area contributed by atoms with Gasteiger partial charge in [0.25, 0.3) is 0 Å². The third-order valence-electron chi connectivity index (χ3n) is 4.20. The Balaban J connectivity index is 1.55. The highest BCUT2D eigenvalue weighted by Crippen LogP contribution is 2.52. The van der Waals surface area contributed by atoms with E-state index in [2.05, 4.69) is 4.90 Å². The number of rotatable bonds is 2. The van der Waals surface area contributed by atoms with Crippen LogP contribution in [0.1, 0.15) is 19.3 Å². The third-order valence-corrected chi connectivity index (χ3v) is 4.20. The molecule has 0 bridgehead atoms. The largest absolute Gasteiger partial charge is 0.396 e. The molecule has 0 aromatic rings. The molecule has 1 N–H and O–H groups in total. The molecule has 2 saturated carbocycles. The highest BCUT2D eigenvalue weighted by molar-refractivity contribution is 5.06. The van der Waals surface area contributed by atoms with E-state index in [9.17, 15) is 0 Å². The number of piperidine rings is 1. The van der Waals surface area contributed by atoms with Gasteiger partial charge in [-0.25, -0.2) is 0 Å². The summed E-state index contributed by atoms with van der Waals surface area (Å²) in [6.45, 7) is 3.02. The average molecular weight is 167 g/mol. The number of fused-ring (bicyclic) bond motifs is 1. The molecule has 68 valence electrons. The van der Waals surface area contributed by atoms with Crippen molar-refractivity contribution in [1.29, 1.82) is 0 Å². The average Bonchev–Trinajstić information content (AvgIpc) is 2.42. The predicted molar refractivity (Wildman–Crippen MR) is 46.8 cm³/mol. The van der Waals surface area contributed by atoms with Crippen LogP contribution in [0, 0.1) is 17.8 Å². The fraction of sp³-hybridized carbons (Fsp3) is 1.00. The van der Waals surface area contributed by atoms with Gasteiger partial charge in [0.2, 0.25) is 0 Å². The summed E-state index contributed by atoms with van der Waals surface area (Å²) in [6, 6.07) is 0.928. The molecule has 0 amide bonds. The van der Waals surface area contributed by atoms with Gasteiger partial charge in [-0.3, -0.25) is 4.90 Å². The lowest BCUT2D eigenvalue weighted by atomic mass is 9.91. The monoisotopic (exact) mass is 167 g/mol. The Labute approximate surface area is 73.6 Å². The highest BCUT2D eigenvalue weighted by atomic mass is 16.3. The van der Waals surface area contributed by atoms with Crippen molar-refractivity contribution in [3.05, 3.63) is 0 Å². The van der Waals surface area contributed by atoms with Gasteiger partial charge in [-0.2, -0.15) is 0 Å². The summed E-state index contributed by atoms with van der Waals surface area (Å²) in [5.41, 5.74) is 0. The molecule has 2 atom stereocenters. The normalized spacial score (nSPS) is 47.2. The number of nitrogens with zero attached hydrogens (tertiary/aromatic N) is 1. The summed E-state index contributed by atoms with van der Waals surface area (Å²) < 4.78 is 0. The van der Waals surface area contributed by atoms with Crippen molar-refractivity contribution >= 4 is 0 Å². The maximum atomic E-state index is 8.99. The lowest BCUT2D eigenvalue weighted by Gasteiger charge is -2.36. The van der Waals surface area contributed by atoms with E-state index in [0.29, 0.717) is 12.5 Å². The molecule has 1 saturated heterocycles. The Morgan fingerprint density at radius 2 is 1.83 bits per heavy atom. The molecule has 0 aromatic heterocycles. The fourth-order valence-corrected chi connectivity index (χ4v) is 3.00. The predicted octanol–water partition coefficient (Wildman–Crippen LogP) is 0.709. The first-order valence-electron chi connectivity index (χ1n) is 5.25. The van der Waals surface area contributed by atoms with Crippen LogP contribution in [-0.2, 0) is 0 Å². The molecule has 12 heavy (non-hydrogen) atoms. The Hall–Kier alpha value is -0.0800. The van der Waals surface area contributed by atoms with E-state index in [1.54, 1.807) is 0 Å². The Kier molecular flexibility index (Phi) is 1.50. The van der Waals surface area contributed by atoms with E-state index in [0.717, 1.165) is 17.9 Å². The number of aliphatic hydroxyl groups is 1. The van der Waals surface area contributed by atoms with Gasteiger partial charge in [0.05, 0.1) is 0 Å². The van der Waals surface area contributed by atoms with Crippen LogP contribution in [0.2, 0.25) is 0 Å². The smallest absolute Gasteiger partial charge is 0.0465 e. The second kappa shape index (κ2) is 2.46. The van der Waals surface area contributed by atoms with Gasteiger partial charge in [0.15, 0.2) is 0 Å². The number of aliphatic hydroxyl groups excluding tert-OH is 1. The molecule has 3 aliphatic rings. The molecule has 3 rings (SSSR count). The molecule has 2 aliphatic carbocycles. The minimum Gasteiger partial charge on any atom is -0.396 e. The molecule has 0 radical (unpaired) electrons. The Morgan fingerprint density at radius 1 is 1.17 bits per heavy atom. The maximum absolute atomic E-state index is 8.99. The molecule has 0 aromatic carbocycles. The van der Waals surface area contributed by atoms with E-state index >= 15 is 0 Å². The fourth-order valence-electron chi connectivity index (χ4n) is 3.00. The van der Waals surface area contributed by atoms with E-state index < -0.39 is 0 Å². The van der Waals surface area contributed by atoms with Crippen molar-refractivity contribution in [3.63, 3.8) is 0 Å². The first-order chi connectivity index (χ1) is 5.90. The zero-order valence-electron chi connectivity index (χ0n) is 7.45. The van der Waals surface area contributed by atoms with Gasteiger partial charge in [-0.15, -0.1) is 0 Å². The second-order valence-corrected chi connectivity index (χ2v) is 4.71. The lowest BCUT2D eigenvalue weighted by molar-refractivity contribution is 0.127. The summed E-state index contributed by atoms with van der Waals surface area (Å²) in [5, 5.41) is 8.99. The summed E-state index contributed by atoms with van der Waals surface area (Å²) >= 11 is 0. The first kappa shape index (κ1) is 7.34. The molecule has 0 spiro atoms. The van der Waals surface area contributed by atoms with Crippen molar-refractivity contribution in [2.75, 3.05) is 19.7 Å². The first-order valence-corrected chi connectivity index (χ1v) is 5.25. The van der Waals surface area contributed by atoms with E-state index in [4.69, 9.17) is 5.11 Å². The quantitative estimate of drug-likeness (QED) is 0.654. The minimum atomic E-state index is 0.438. The zero-order chi connectivity index (χ0) is 8.13. The molecule has 1 heterocycles. The molecule has 2 unspecified atom stereocenters. The van der Waals surface area contributed by atoms with Crippen molar-refractivity contribution in [2.24, 2.45) is 17.8 Å². The molecular weight excluding hydrogens is 150 g/mol. The summed E-state index contributed by atoms with van der Waals surface area (Å²) in [4.78, 5) is 2.66. The van der Waals surface area contributed by atoms with Gasteiger partial charge < -0.3 is 5.11 Å². The van der Waals surface area contributed by atoms with Crippen LogP contribution in [0.25, 0.3) is 0 Å². The van der Waals surface area contributed by atoms with Crippen LogP contribution < -0.4 is 0 Å². The summed E-state index contributed by atoms with van der Waals surface area (Å²) in [6.07, 6.45) is 4.31. The summed E-state index contributed by atoms with van der Waals surface area (Å²) in [7, 11) is 0. The molecule has 2 nitrogen and oxygen atoms in total. The van der Waals surface area contributed by atoms with Crippen LogP contribution in [0.15, 0.2) is 0 Å². The van der Waals surface area contributed by atoms with Gasteiger partial charge in [-0.1, -0.05) is 6.42 Å². The van der Waals surface area contributed by atoms with Gasteiger partial charge in [0, 0.05) is 25.7 Å². The standard InChI is InChI=1S/C10H17NO/c12-6-10-8-4-11(5-9(8)10)7-2-1-3-7/h7-10,12H,1-6H2. The van der Waals surface area contributed by atoms with Gasteiger partial charge in [-0.05, 0) is 30.6 Å². The van der Waals surface area contributed by atoms with Crippen LogP contribution in [0.4, 0.5) is 0 Å². The third kappa shape index (κ3) is 0.882. The molecule has 2 heteroatoms. The number of hydrogen-bond acceptors (Lipinski definition) is 2. The van der Waals surface area contributed by atoms with Crippen molar-refractivity contribution in [2.45, 2.75) is 25.3 Å². The van der Waals surface area contributed by atoms with E-state index in [-0.39, 0.29) is 0 Å². The molecule has 3 fully saturated rings. The lowest BCUT2D eigenvalue weighted by Crippen LogP contribution is -2.40. The molecular formula is C10H17NO. The SMILES string of the molecule is OCC1C2CN(C3CCC3)CC12. The minimum absolute atomic E-state index is 0.438. The number of likely N-dealkylation sites (tertiary alicyclic amines) is 1. The number of hydrogen-bond donors (Lipinski definition) is 1. The van der Waals surface area contributed by atoms with Crippen LogP contribution >= 0.6 is 0 Å². The summed E-state index contributed by atoms with van der Waals surface area (Å²) in [5.74, 6) is 2.42. The van der Waals surface area contributed by atoms with Crippen molar-refractivity contribution in [1.82, 2.24) is 4.90 Å². The Bertz CT molecular complexity index is 178. The topological polar surface area (TPSA) is 23.5 Å². The van der Waals surface area contributed by atoms with Crippen LogP contribution in [-0.4, -0.2) is 35.7 Å². The maximum Gasteiger partial charge on any atom is 0.0465 e. The molecule has 1 aliphatic heterocycles. The Morgan fingerprint density at radius 3 is 2.25 bits per heavy atom. The van der Waals surface area contributed by atoms with Crippen molar-refractivity contribution in [3.8, 4) is 0 Å². The zero-order valence-corrected chi connectivity index (χ0v) is 7.45. The van der Waals surface area contributed by atoms with Crippen LogP contribution in [0.3, 0.4) is 0 Å². The van der Waals surface area contributed by atoms with E-state index in [1.807, 2.05) is 0 Å². The van der Waals surface area contributed by atoms with E-state index in [1.165, 1.54) is 32.4 Å². The highest BCUT2D eigenvalue weighted by Gasteiger charge is 2.56. The van der Waals surface area contributed by atoms with Gasteiger partial charge >= 0.3 is 0 Å².